The molecule has 18 heavy (non-hydrogen) atoms. The molecule has 4 nitrogen and oxygen atoms in total. The van der Waals surface area contributed by atoms with Crippen molar-refractivity contribution in [1.29, 1.82) is 0 Å². The lowest BCUT2D eigenvalue weighted by Crippen LogP contribution is -2.62. The van der Waals surface area contributed by atoms with Crippen molar-refractivity contribution in [2.45, 2.75) is 45.7 Å². The van der Waals surface area contributed by atoms with Gasteiger partial charge in [-0.2, -0.15) is 0 Å². The molecule has 1 N–H and O–H groups in total. The molecule has 0 saturated carbocycles. The summed E-state index contributed by atoms with van der Waals surface area (Å²) in [4.78, 5) is 2.32. The molecule has 0 spiro atoms. The first-order valence-corrected chi connectivity index (χ1v) is 8.82. The van der Waals surface area contributed by atoms with Gasteiger partial charge < -0.3 is 5.32 Å². The van der Waals surface area contributed by atoms with E-state index in [1.165, 1.54) is 6.26 Å². The van der Waals surface area contributed by atoms with Crippen LogP contribution in [0.15, 0.2) is 0 Å². The second-order valence-corrected chi connectivity index (χ2v) is 8.86. The van der Waals surface area contributed by atoms with E-state index in [9.17, 15) is 8.42 Å². The van der Waals surface area contributed by atoms with Gasteiger partial charge in [0.25, 0.3) is 0 Å². The molecule has 1 aliphatic heterocycles. The third-order valence-corrected chi connectivity index (χ3v) is 4.53. The van der Waals surface area contributed by atoms with Crippen molar-refractivity contribution < 1.29 is 8.42 Å². The summed E-state index contributed by atoms with van der Waals surface area (Å²) < 4.78 is 22.6. The van der Waals surface area contributed by atoms with E-state index in [-0.39, 0.29) is 11.3 Å². The van der Waals surface area contributed by atoms with Gasteiger partial charge >= 0.3 is 0 Å². The average molecular weight is 276 g/mol. The van der Waals surface area contributed by atoms with Crippen LogP contribution in [0.25, 0.3) is 0 Å². The summed E-state index contributed by atoms with van der Waals surface area (Å²) in [6, 6.07) is 0.484. The maximum Gasteiger partial charge on any atom is 0.148 e. The molecule has 0 bridgehead atoms. The van der Waals surface area contributed by atoms with Gasteiger partial charge in [-0.3, -0.25) is 4.90 Å². The molecule has 0 aliphatic carbocycles. The minimum absolute atomic E-state index is 0.0399. The van der Waals surface area contributed by atoms with Crippen LogP contribution in [0, 0.1) is 5.92 Å². The summed E-state index contributed by atoms with van der Waals surface area (Å²) in [5.41, 5.74) is 0.0399. The molecule has 1 aliphatic rings. The lowest BCUT2D eigenvalue weighted by atomic mass is 9.94. The van der Waals surface area contributed by atoms with Gasteiger partial charge in [0, 0.05) is 37.5 Å². The second-order valence-electron chi connectivity index (χ2n) is 6.60. The predicted octanol–water partition coefficient (Wildman–Crippen LogP) is 1.13. The van der Waals surface area contributed by atoms with Gasteiger partial charge in [-0.25, -0.2) is 8.42 Å². The van der Waals surface area contributed by atoms with E-state index in [0.717, 1.165) is 19.5 Å². The Morgan fingerprint density at radius 3 is 2.50 bits per heavy atom. The van der Waals surface area contributed by atoms with Crippen molar-refractivity contribution in [3.05, 3.63) is 0 Å². The Bertz CT molecular complexity index is 363. The standard InChI is InChI=1S/C13H28N2O2S/c1-11(2)8-12-9-15(6-7-18(5,16)17)13(3,4)10-14-12/h11-12,14H,6-10H2,1-5H3. The number of nitrogens with zero attached hydrogens (tertiary/aromatic N) is 1. The highest BCUT2D eigenvalue weighted by Gasteiger charge is 2.34. The zero-order chi connectivity index (χ0) is 14.0. The minimum atomic E-state index is -2.88. The summed E-state index contributed by atoms with van der Waals surface area (Å²) in [6.45, 7) is 11.3. The van der Waals surface area contributed by atoms with Crippen molar-refractivity contribution in [2.75, 3.05) is 31.6 Å². The quantitative estimate of drug-likeness (QED) is 0.818. The maximum absolute atomic E-state index is 11.3. The molecule has 0 radical (unpaired) electrons. The summed E-state index contributed by atoms with van der Waals surface area (Å²) in [6.07, 6.45) is 2.46. The fourth-order valence-corrected chi connectivity index (χ4v) is 3.03. The van der Waals surface area contributed by atoms with Crippen LogP contribution >= 0.6 is 0 Å². The zero-order valence-corrected chi connectivity index (χ0v) is 13.2. The molecule has 0 aromatic heterocycles. The van der Waals surface area contributed by atoms with Crippen molar-refractivity contribution in [3.63, 3.8) is 0 Å². The molecular formula is C13H28N2O2S. The molecule has 108 valence electrons. The van der Waals surface area contributed by atoms with Crippen molar-refractivity contribution in [2.24, 2.45) is 5.92 Å². The number of piperazine rings is 1. The van der Waals surface area contributed by atoms with Crippen molar-refractivity contribution >= 4 is 9.84 Å². The van der Waals surface area contributed by atoms with E-state index >= 15 is 0 Å². The summed E-state index contributed by atoms with van der Waals surface area (Å²) in [5.74, 6) is 0.922. The molecule has 1 saturated heterocycles. The molecule has 0 amide bonds. The van der Waals surface area contributed by atoms with E-state index in [1.54, 1.807) is 0 Å². The number of hydrogen-bond donors (Lipinski definition) is 1. The largest absolute Gasteiger partial charge is 0.311 e. The van der Waals surface area contributed by atoms with Crippen LogP contribution in [0.2, 0.25) is 0 Å². The lowest BCUT2D eigenvalue weighted by Gasteiger charge is -2.46. The van der Waals surface area contributed by atoms with Gasteiger partial charge in [0.05, 0.1) is 5.75 Å². The van der Waals surface area contributed by atoms with E-state index in [2.05, 4.69) is 37.9 Å². The van der Waals surface area contributed by atoms with Crippen LogP contribution in [0.3, 0.4) is 0 Å². The first-order chi connectivity index (χ1) is 8.10. The van der Waals surface area contributed by atoms with E-state index in [1.807, 2.05) is 0 Å². The van der Waals surface area contributed by atoms with Gasteiger partial charge in [-0.15, -0.1) is 0 Å². The number of nitrogens with one attached hydrogen (secondary N) is 1. The van der Waals surface area contributed by atoms with Crippen LogP contribution < -0.4 is 5.32 Å². The van der Waals surface area contributed by atoms with Gasteiger partial charge in [0.2, 0.25) is 0 Å². The fraction of sp³-hybridized carbons (Fsp3) is 1.00. The minimum Gasteiger partial charge on any atom is -0.311 e. The summed E-state index contributed by atoms with van der Waals surface area (Å²) in [5, 5.41) is 3.58. The number of hydrogen-bond acceptors (Lipinski definition) is 4. The summed E-state index contributed by atoms with van der Waals surface area (Å²) in [7, 11) is -2.88. The highest BCUT2D eigenvalue weighted by atomic mass is 32.2. The van der Waals surface area contributed by atoms with E-state index < -0.39 is 9.84 Å². The normalized spacial score (nSPS) is 25.6. The van der Waals surface area contributed by atoms with Gasteiger partial charge in [-0.1, -0.05) is 13.8 Å². The molecule has 5 heteroatoms. The molecule has 1 unspecified atom stereocenters. The van der Waals surface area contributed by atoms with Gasteiger partial charge in [-0.05, 0) is 26.2 Å². The van der Waals surface area contributed by atoms with E-state index in [0.29, 0.717) is 18.5 Å². The Kier molecular flexibility index (Phi) is 5.21. The van der Waals surface area contributed by atoms with Crippen LogP contribution in [0.4, 0.5) is 0 Å². The van der Waals surface area contributed by atoms with Gasteiger partial charge in [0.1, 0.15) is 9.84 Å². The molecule has 0 aromatic carbocycles. The van der Waals surface area contributed by atoms with Crippen LogP contribution in [0.1, 0.15) is 34.1 Å². The Morgan fingerprint density at radius 1 is 1.39 bits per heavy atom. The summed E-state index contributed by atoms with van der Waals surface area (Å²) >= 11 is 0. The highest BCUT2D eigenvalue weighted by Crippen LogP contribution is 2.21. The third-order valence-electron chi connectivity index (χ3n) is 3.61. The fourth-order valence-electron chi connectivity index (χ4n) is 2.48. The molecule has 1 fully saturated rings. The average Bonchev–Trinajstić information content (AvgIpc) is 2.16. The van der Waals surface area contributed by atoms with Gasteiger partial charge in [0.15, 0.2) is 0 Å². The van der Waals surface area contributed by atoms with Crippen LogP contribution in [-0.4, -0.2) is 56.5 Å². The van der Waals surface area contributed by atoms with E-state index in [4.69, 9.17) is 0 Å². The highest BCUT2D eigenvalue weighted by molar-refractivity contribution is 7.90. The molecule has 1 heterocycles. The Labute approximate surface area is 112 Å². The molecule has 1 rings (SSSR count). The van der Waals surface area contributed by atoms with Crippen LogP contribution in [-0.2, 0) is 9.84 Å². The number of rotatable bonds is 5. The third kappa shape index (κ3) is 5.24. The smallest absolute Gasteiger partial charge is 0.148 e. The zero-order valence-electron chi connectivity index (χ0n) is 12.4. The number of sulfone groups is 1. The molecule has 0 aromatic rings. The maximum atomic E-state index is 11.3. The Balaban J connectivity index is 2.60. The first-order valence-electron chi connectivity index (χ1n) is 6.76. The molecule has 1 atom stereocenters. The lowest BCUT2D eigenvalue weighted by molar-refractivity contribution is 0.0671. The predicted molar refractivity (Wildman–Crippen MR) is 76.6 cm³/mol. The Morgan fingerprint density at radius 2 is 2.00 bits per heavy atom. The van der Waals surface area contributed by atoms with Crippen molar-refractivity contribution in [1.82, 2.24) is 10.2 Å². The Hall–Kier alpha value is -0.130. The molecular weight excluding hydrogens is 248 g/mol. The first kappa shape index (κ1) is 15.9. The SMILES string of the molecule is CC(C)CC1CN(CCS(C)(=O)=O)C(C)(C)CN1. The van der Waals surface area contributed by atoms with Crippen molar-refractivity contribution in [3.8, 4) is 0 Å². The topological polar surface area (TPSA) is 49.4 Å². The monoisotopic (exact) mass is 276 g/mol. The second kappa shape index (κ2) is 5.88. The van der Waals surface area contributed by atoms with Crippen LogP contribution in [0.5, 0.6) is 0 Å².